The largest absolute Gasteiger partial charge is 0.573 e. The van der Waals surface area contributed by atoms with Crippen LogP contribution in [-0.4, -0.2) is 128 Å². The number of halogens is 21. The topological polar surface area (TPSA) is 287 Å². The SMILES string of the molecule is CC(C)(C)C(=O)c1ccc(-c2ccc(OC(F)(F)F)cc2)cn1.CC(C)(C)C(O)(Cn1cnnn1)c1ccc(-c2ccc(OC(F)(F)F)cc2)cn1.CC(C)(C)C(O)c1ccc(-c2ccc(OC(F)(F)F)cc2)cn1.CC(C)(C)C1(c2ccc(-c3ccc(OC(F)(F)F)cc3)cn2)CO1.FC(F)(F)Oc1ccc(-c2ccc(Br)nc2)cc1.FC(F)(F)Oc1ccc(I)cc1.OB(O)c1ccc(Br)nc1. The standard InChI is InChI=1S/C19H20F3N5O2.C18H18F3NO2.C17H18F3NO2.C17H16F3NO2.C12H7BrF3NO.C7H4F3IO.C5H5BBrNO2/c1-17(2,3)18(28,11-27-12-24-25-26-27)16-9-6-14(10-23-16)13-4-7-15(8-5-13)29-19(20,21)22;1-16(2,3)17(11-23-17)15-9-6-13(10-22-15)12-4-7-14(8-5-12)24-18(19,20)21;2*1-16(2,3)15(22)14-9-6-12(10-21-14)11-4-7-13(8-5-11)23-17(18,19)20;13-11-6-3-9(7-17-11)8-1-4-10(5-2-8)18-12(14,15)16;8-7(9,10)12-6-3-1-5(11)2-4-6;7-5-2-1-4(3-8-5)6(9)10/h4-10,12,28H,11H2,1-3H3;4-10H,11H2,1-3H3;4-10,15,22H,1-3H3;4-10H,1-3H3;1-7H;1-4H;1-3,9-10H. The molecule has 0 radical (unpaired) electrons. The maximum atomic E-state index is 12.3. The Labute approximate surface area is 816 Å². The summed E-state index contributed by atoms with van der Waals surface area (Å²) in [6, 6.07) is 54.4. The van der Waals surface area contributed by atoms with Crippen molar-refractivity contribution >= 4 is 72.8 Å². The maximum Gasteiger partial charge on any atom is 0.573 e. The number of aliphatic hydroxyl groups excluding tert-OH is 1. The van der Waals surface area contributed by atoms with E-state index in [0.717, 1.165) is 37.1 Å². The number of hydrogen-bond acceptors (Lipinski definition) is 21. The van der Waals surface area contributed by atoms with Crippen molar-refractivity contribution in [2.75, 3.05) is 6.61 Å². The third-order valence-corrected chi connectivity index (χ3v) is 21.2. The first-order valence-electron chi connectivity index (χ1n) is 40.9. The van der Waals surface area contributed by atoms with E-state index < -0.39 is 67.8 Å². The van der Waals surface area contributed by atoms with Crippen molar-refractivity contribution < 1.29 is 137 Å². The van der Waals surface area contributed by atoms with Gasteiger partial charge in [0.25, 0.3) is 0 Å². The quantitative estimate of drug-likeness (QED) is 0.0155. The lowest BCUT2D eigenvalue weighted by Crippen LogP contribution is -2.44. The lowest BCUT2D eigenvalue weighted by Gasteiger charge is -2.39. The van der Waals surface area contributed by atoms with Crippen LogP contribution in [0.1, 0.15) is 117 Å². The fourth-order valence-electron chi connectivity index (χ4n) is 12.1. The lowest BCUT2D eigenvalue weighted by atomic mass is 9.74. The van der Waals surface area contributed by atoms with Crippen LogP contribution >= 0.6 is 54.5 Å². The molecule has 44 heteroatoms. The number of ketones is 1. The first-order valence-corrected chi connectivity index (χ1v) is 43.5. The van der Waals surface area contributed by atoms with Crippen LogP contribution in [-0.2, 0) is 22.5 Å². The summed E-state index contributed by atoms with van der Waals surface area (Å²) in [5, 5.41) is 49.8. The molecule has 1 aliphatic heterocycles. The number of ether oxygens (including phenoxy) is 7. The molecule has 1 saturated heterocycles. The molecular formula is C95H88BBr2F18IN10O12. The molecule has 0 amide bonds. The highest BCUT2D eigenvalue weighted by molar-refractivity contribution is 14.1. The van der Waals surface area contributed by atoms with Crippen molar-refractivity contribution in [3.8, 4) is 90.1 Å². The number of carbonyl (C=O) groups is 1. The molecular weight excluding hydrogens is 2110 g/mol. The van der Waals surface area contributed by atoms with Crippen LogP contribution in [0.2, 0.25) is 0 Å². The minimum absolute atomic E-state index is 0.0574. The van der Waals surface area contributed by atoms with Gasteiger partial charge in [-0.05, 0) is 230 Å². The van der Waals surface area contributed by atoms with Gasteiger partial charge in [0.1, 0.15) is 73.0 Å². The first kappa shape index (κ1) is 112. The van der Waals surface area contributed by atoms with Crippen LogP contribution in [0, 0.1) is 25.2 Å². The van der Waals surface area contributed by atoms with Gasteiger partial charge in [-0.25, -0.2) is 14.6 Å². The summed E-state index contributed by atoms with van der Waals surface area (Å²) in [6.07, 6.45) is -18.0. The number of rotatable bonds is 18. The number of epoxide rings is 1. The number of nitrogens with zero attached hydrogens (tertiary/aromatic N) is 10. The van der Waals surface area contributed by atoms with Crippen molar-refractivity contribution in [1.82, 2.24) is 50.1 Å². The van der Waals surface area contributed by atoms with Crippen molar-refractivity contribution in [2.45, 2.75) is 145 Å². The van der Waals surface area contributed by atoms with E-state index in [-0.39, 0.29) is 63.3 Å². The molecule has 3 unspecified atom stereocenters. The monoisotopic (exact) mass is 2200 g/mol. The van der Waals surface area contributed by atoms with E-state index in [1.807, 2.05) is 103 Å². The number of carbonyl (C=O) groups excluding carboxylic acids is 1. The van der Waals surface area contributed by atoms with E-state index in [0.29, 0.717) is 66.2 Å². The molecule has 6 aromatic carbocycles. The molecule has 0 bridgehead atoms. The lowest BCUT2D eigenvalue weighted by molar-refractivity contribution is -0.275. The molecule has 0 spiro atoms. The second-order valence-electron chi connectivity index (χ2n) is 34.1. The molecule has 4 N–H and O–H groups in total. The van der Waals surface area contributed by atoms with Crippen LogP contribution in [0.15, 0.2) is 271 Å². The second kappa shape index (κ2) is 46.9. The minimum Gasteiger partial charge on any atom is -0.423 e. The summed E-state index contributed by atoms with van der Waals surface area (Å²) in [4.78, 5) is 37.2. The molecule has 3 atom stereocenters. The van der Waals surface area contributed by atoms with Crippen LogP contribution in [0.5, 0.6) is 34.5 Å². The molecule has 22 nitrogen and oxygen atoms in total. The molecule has 0 saturated carbocycles. The fraction of sp³-hybridized carbons (Fsp3) is 0.284. The van der Waals surface area contributed by atoms with E-state index in [1.165, 1.54) is 133 Å². The Morgan fingerprint density at radius 3 is 0.986 bits per heavy atom. The highest BCUT2D eigenvalue weighted by atomic mass is 127. The van der Waals surface area contributed by atoms with E-state index in [4.69, 9.17) is 14.8 Å². The zero-order chi connectivity index (χ0) is 103. The van der Waals surface area contributed by atoms with Crippen LogP contribution in [0.3, 0.4) is 0 Å². The Kier molecular flexibility index (Phi) is 37.9. The van der Waals surface area contributed by atoms with Crippen LogP contribution in [0.4, 0.5) is 79.0 Å². The number of benzene rings is 6. The average molecular weight is 2200 g/mol. The normalized spacial score (nSPS) is 14.0. The second-order valence-corrected chi connectivity index (χ2v) is 37.0. The van der Waals surface area contributed by atoms with Crippen molar-refractivity contribution in [2.24, 2.45) is 21.7 Å². The van der Waals surface area contributed by atoms with Gasteiger partial charge in [-0.15, -0.1) is 84.1 Å². The zero-order valence-electron chi connectivity index (χ0n) is 75.4. The molecule has 0 aliphatic carbocycles. The summed E-state index contributed by atoms with van der Waals surface area (Å²) in [6.45, 7) is 23.9. The number of pyridine rings is 6. The van der Waals surface area contributed by atoms with Gasteiger partial charge in [-0.2, -0.15) is 0 Å². The van der Waals surface area contributed by atoms with Crippen LogP contribution in [0.25, 0.3) is 55.6 Å². The van der Waals surface area contributed by atoms with E-state index in [2.05, 4.69) is 126 Å². The van der Waals surface area contributed by atoms with Crippen molar-refractivity contribution in [3.05, 3.63) is 297 Å². The van der Waals surface area contributed by atoms with Gasteiger partial charge in [0.2, 0.25) is 0 Å². The molecule has 8 heterocycles. The fourth-order valence-corrected chi connectivity index (χ4v) is 12.9. The first-order chi connectivity index (χ1) is 64.3. The van der Waals surface area contributed by atoms with E-state index in [9.17, 15) is 94.0 Å². The molecule has 740 valence electrons. The van der Waals surface area contributed by atoms with Gasteiger partial charge in [0.15, 0.2) is 5.78 Å². The Balaban J connectivity index is 0.000000203. The Morgan fingerprint density at radius 1 is 0.417 bits per heavy atom. The molecule has 1 aliphatic rings. The Morgan fingerprint density at radius 2 is 0.734 bits per heavy atom. The summed E-state index contributed by atoms with van der Waals surface area (Å²) in [5.74, 6) is -1.59. The van der Waals surface area contributed by atoms with E-state index >= 15 is 0 Å². The van der Waals surface area contributed by atoms with Crippen molar-refractivity contribution in [3.63, 3.8) is 0 Å². The molecule has 7 aromatic heterocycles. The number of hydrogen-bond donors (Lipinski definition) is 4. The number of aliphatic hydroxyl groups is 2. The van der Waals surface area contributed by atoms with Gasteiger partial charge >= 0.3 is 45.3 Å². The highest BCUT2D eigenvalue weighted by Gasteiger charge is 2.57. The van der Waals surface area contributed by atoms with Crippen molar-refractivity contribution in [1.29, 1.82) is 0 Å². The highest BCUT2D eigenvalue weighted by Crippen LogP contribution is 2.52. The predicted molar refractivity (Wildman–Crippen MR) is 494 cm³/mol. The number of aromatic nitrogens is 10. The van der Waals surface area contributed by atoms with Gasteiger partial charge in [0, 0.05) is 79.4 Å². The van der Waals surface area contributed by atoms with Gasteiger partial charge in [-0.3, -0.25) is 24.7 Å². The molecule has 139 heavy (non-hydrogen) atoms. The van der Waals surface area contributed by atoms with E-state index in [1.54, 1.807) is 116 Å². The van der Waals surface area contributed by atoms with Crippen LogP contribution < -0.4 is 33.9 Å². The summed E-state index contributed by atoms with van der Waals surface area (Å²) >= 11 is 8.32. The third-order valence-electron chi connectivity index (χ3n) is 19.5. The average Bonchev–Trinajstić information content (AvgIpc) is 1.57. The smallest absolute Gasteiger partial charge is 0.423 e. The Hall–Kier alpha value is -11.9. The number of tetrazole rings is 1. The number of alkyl halides is 18. The zero-order valence-corrected chi connectivity index (χ0v) is 80.7. The maximum absolute atomic E-state index is 12.3. The molecule has 1 fully saturated rings. The molecule has 14 rings (SSSR count). The summed E-state index contributed by atoms with van der Waals surface area (Å²) < 4.78 is 249. The predicted octanol–water partition coefficient (Wildman–Crippen LogP) is 25.2. The third kappa shape index (κ3) is 37.0. The number of Topliss-reactive ketones (excluding diaryl/α,β-unsaturated/α-hetero) is 1. The summed E-state index contributed by atoms with van der Waals surface area (Å²) in [5.41, 5.74) is 6.78. The van der Waals surface area contributed by atoms with Gasteiger partial charge in [0.05, 0.1) is 30.2 Å². The van der Waals surface area contributed by atoms with Gasteiger partial charge in [-0.1, -0.05) is 180 Å². The molecule has 13 aromatic rings. The Bertz CT molecular complexity index is 5990. The summed E-state index contributed by atoms with van der Waals surface area (Å²) in [7, 11) is -1.43. The minimum atomic E-state index is -4.73. The van der Waals surface area contributed by atoms with Gasteiger partial charge < -0.3 is 53.4 Å².